The van der Waals surface area contributed by atoms with Gasteiger partial charge in [0.1, 0.15) is 11.5 Å². The van der Waals surface area contributed by atoms with Gasteiger partial charge in [0.2, 0.25) is 0 Å². The molecule has 0 spiro atoms. The van der Waals surface area contributed by atoms with E-state index >= 15 is 0 Å². The predicted molar refractivity (Wildman–Crippen MR) is 80.6 cm³/mol. The van der Waals surface area contributed by atoms with Crippen molar-refractivity contribution in [1.29, 1.82) is 0 Å². The SMILES string of the molecule is CN1CC2CN(c3c(F)cc4ccccc4c3F)CC2C1. The Balaban J connectivity index is 1.74. The third kappa shape index (κ3) is 2.01. The Labute approximate surface area is 123 Å². The molecule has 2 fully saturated rings. The molecule has 0 amide bonds. The molecule has 2 nitrogen and oxygen atoms in total. The van der Waals surface area contributed by atoms with Gasteiger partial charge in [0, 0.05) is 31.6 Å². The molecule has 21 heavy (non-hydrogen) atoms. The fourth-order valence-corrected chi connectivity index (χ4v) is 3.96. The van der Waals surface area contributed by atoms with Crippen LogP contribution in [0.15, 0.2) is 30.3 Å². The molecule has 0 saturated carbocycles. The summed E-state index contributed by atoms with van der Waals surface area (Å²) in [4.78, 5) is 4.21. The molecular weight excluding hydrogens is 270 g/mol. The third-order valence-corrected chi connectivity index (χ3v) is 4.90. The Morgan fingerprint density at radius 3 is 2.38 bits per heavy atom. The first-order valence-corrected chi connectivity index (χ1v) is 7.43. The van der Waals surface area contributed by atoms with Crippen LogP contribution >= 0.6 is 0 Å². The minimum Gasteiger partial charge on any atom is -0.366 e. The van der Waals surface area contributed by atoms with Crippen molar-refractivity contribution in [3.63, 3.8) is 0 Å². The predicted octanol–water partition coefficient (Wildman–Crippen LogP) is 3.12. The number of likely N-dealkylation sites (tertiary alicyclic amines) is 1. The van der Waals surface area contributed by atoms with Gasteiger partial charge in [-0.1, -0.05) is 24.3 Å². The van der Waals surface area contributed by atoms with Gasteiger partial charge in [0.25, 0.3) is 0 Å². The van der Waals surface area contributed by atoms with Crippen LogP contribution in [0.2, 0.25) is 0 Å². The monoisotopic (exact) mass is 288 g/mol. The highest BCUT2D eigenvalue weighted by molar-refractivity contribution is 5.87. The van der Waals surface area contributed by atoms with Crippen LogP contribution in [0.4, 0.5) is 14.5 Å². The maximum atomic E-state index is 14.7. The highest BCUT2D eigenvalue weighted by Crippen LogP contribution is 2.37. The standard InChI is InChI=1S/C17H18F2N2/c1-20-7-12-9-21(10-13(12)8-20)17-15(18)6-11-4-2-3-5-14(11)16(17)19/h2-6,12-13H,7-10H2,1H3. The molecule has 2 aromatic carbocycles. The molecule has 4 rings (SSSR count). The van der Waals surface area contributed by atoms with E-state index < -0.39 is 11.6 Å². The number of fused-ring (bicyclic) bond motifs is 2. The molecule has 2 atom stereocenters. The van der Waals surface area contributed by atoms with Crippen molar-refractivity contribution in [2.45, 2.75) is 0 Å². The molecule has 2 aliphatic heterocycles. The second-order valence-electron chi connectivity index (χ2n) is 6.39. The van der Waals surface area contributed by atoms with Gasteiger partial charge in [-0.05, 0) is 30.3 Å². The molecular formula is C17H18F2N2. The summed E-state index contributed by atoms with van der Waals surface area (Å²) in [5.74, 6) is 0.194. The van der Waals surface area contributed by atoms with E-state index in [4.69, 9.17) is 0 Å². The lowest BCUT2D eigenvalue weighted by Crippen LogP contribution is -2.28. The van der Waals surface area contributed by atoms with Crippen LogP contribution in [0.1, 0.15) is 0 Å². The zero-order valence-electron chi connectivity index (χ0n) is 12.0. The van der Waals surface area contributed by atoms with E-state index in [2.05, 4.69) is 11.9 Å². The number of anilines is 1. The summed E-state index contributed by atoms with van der Waals surface area (Å²) in [5.41, 5.74) is 0.158. The lowest BCUT2D eigenvalue weighted by molar-refractivity contribution is 0.386. The fourth-order valence-electron chi connectivity index (χ4n) is 3.96. The van der Waals surface area contributed by atoms with Gasteiger partial charge in [-0.2, -0.15) is 0 Å². The minimum absolute atomic E-state index is 0.158. The summed E-state index contributed by atoms with van der Waals surface area (Å²) in [6, 6.07) is 8.52. The van der Waals surface area contributed by atoms with E-state index in [9.17, 15) is 8.78 Å². The smallest absolute Gasteiger partial charge is 0.157 e. The highest BCUT2D eigenvalue weighted by atomic mass is 19.1. The average Bonchev–Trinajstić information content (AvgIpc) is 2.96. The van der Waals surface area contributed by atoms with Crippen molar-refractivity contribution in [1.82, 2.24) is 4.90 Å². The van der Waals surface area contributed by atoms with Gasteiger partial charge < -0.3 is 9.80 Å². The van der Waals surface area contributed by atoms with Crippen LogP contribution in [0.5, 0.6) is 0 Å². The maximum Gasteiger partial charge on any atom is 0.157 e. The molecule has 110 valence electrons. The first-order chi connectivity index (χ1) is 10.1. The van der Waals surface area contributed by atoms with E-state index in [-0.39, 0.29) is 5.69 Å². The zero-order chi connectivity index (χ0) is 14.6. The fraction of sp³-hybridized carbons (Fsp3) is 0.412. The Bertz CT molecular complexity index is 686. The summed E-state index contributed by atoms with van der Waals surface area (Å²) in [7, 11) is 2.11. The molecule has 2 heterocycles. The Hall–Kier alpha value is -1.68. The van der Waals surface area contributed by atoms with Crippen molar-refractivity contribution in [3.8, 4) is 0 Å². The number of benzene rings is 2. The number of hydrogen-bond acceptors (Lipinski definition) is 2. The van der Waals surface area contributed by atoms with E-state index in [1.165, 1.54) is 6.07 Å². The van der Waals surface area contributed by atoms with E-state index in [1.54, 1.807) is 24.3 Å². The van der Waals surface area contributed by atoms with Crippen molar-refractivity contribution >= 4 is 16.5 Å². The summed E-state index contributed by atoms with van der Waals surface area (Å²) >= 11 is 0. The van der Waals surface area contributed by atoms with Crippen LogP contribution in [0, 0.1) is 23.5 Å². The molecule has 2 saturated heterocycles. The van der Waals surface area contributed by atoms with E-state index in [0.717, 1.165) is 26.2 Å². The minimum atomic E-state index is -0.445. The quantitative estimate of drug-likeness (QED) is 0.795. The first kappa shape index (κ1) is 13.0. The van der Waals surface area contributed by atoms with Crippen molar-refractivity contribution in [2.75, 3.05) is 38.1 Å². The van der Waals surface area contributed by atoms with Gasteiger partial charge in [-0.25, -0.2) is 8.78 Å². The summed E-state index contributed by atoms with van der Waals surface area (Å²) in [6.07, 6.45) is 0. The summed E-state index contributed by atoms with van der Waals surface area (Å²) in [6.45, 7) is 3.55. The second kappa shape index (κ2) is 4.67. The highest BCUT2D eigenvalue weighted by Gasteiger charge is 2.40. The van der Waals surface area contributed by atoms with Crippen molar-refractivity contribution in [3.05, 3.63) is 42.0 Å². The Kier molecular flexibility index (Phi) is 2.89. The molecule has 2 aromatic rings. The Morgan fingerprint density at radius 1 is 1.00 bits per heavy atom. The molecule has 0 radical (unpaired) electrons. The number of nitrogens with zero attached hydrogens (tertiary/aromatic N) is 2. The maximum absolute atomic E-state index is 14.7. The summed E-state index contributed by atoms with van der Waals surface area (Å²) < 4.78 is 29.1. The van der Waals surface area contributed by atoms with Gasteiger partial charge in [-0.3, -0.25) is 0 Å². The number of hydrogen-bond donors (Lipinski definition) is 0. The van der Waals surface area contributed by atoms with Crippen LogP contribution in [-0.4, -0.2) is 38.1 Å². The van der Waals surface area contributed by atoms with Crippen LogP contribution in [0.25, 0.3) is 10.8 Å². The molecule has 4 heteroatoms. The lowest BCUT2D eigenvalue weighted by Gasteiger charge is -2.23. The van der Waals surface area contributed by atoms with E-state index in [0.29, 0.717) is 22.6 Å². The van der Waals surface area contributed by atoms with Gasteiger partial charge in [0.05, 0.1) is 0 Å². The molecule has 0 aliphatic carbocycles. The largest absolute Gasteiger partial charge is 0.366 e. The Morgan fingerprint density at radius 2 is 1.67 bits per heavy atom. The number of halogens is 2. The molecule has 0 aromatic heterocycles. The normalized spacial score (nSPS) is 25.8. The van der Waals surface area contributed by atoms with E-state index in [1.807, 2.05) is 4.90 Å². The van der Waals surface area contributed by atoms with Crippen LogP contribution in [-0.2, 0) is 0 Å². The first-order valence-electron chi connectivity index (χ1n) is 7.43. The zero-order valence-corrected chi connectivity index (χ0v) is 12.0. The van der Waals surface area contributed by atoms with Gasteiger partial charge >= 0.3 is 0 Å². The van der Waals surface area contributed by atoms with Crippen LogP contribution < -0.4 is 4.90 Å². The molecule has 0 bridgehead atoms. The topological polar surface area (TPSA) is 6.48 Å². The second-order valence-corrected chi connectivity index (χ2v) is 6.39. The molecule has 0 N–H and O–H groups in total. The lowest BCUT2D eigenvalue weighted by atomic mass is 10.0. The third-order valence-electron chi connectivity index (χ3n) is 4.90. The molecule has 2 unspecified atom stereocenters. The number of rotatable bonds is 1. The summed E-state index contributed by atoms with van der Waals surface area (Å²) in [5, 5.41) is 1.12. The average molecular weight is 288 g/mol. The van der Waals surface area contributed by atoms with Crippen molar-refractivity contribution < 1.29 is 8.78 Å². The van der Waals surface area contributed by atoms with Gasteiger partial charge in [0.15, 0.2) is 5.82 Å². The van der Waals surface area contributed by atoms with Crippen LogP contribution in [0.3, 0.4) is 0 Å². The van der Waals surface area contributed by atoms with Gasteiger partial charge in [-0.15, -0.1) is 0 Å². The van der Waals surface area contributed by atoms with Crippen molar-refractivity contribution in [2.24, 2.45) is 11.8 Å². The molecule has 2 aliphatic rings.